The molecule has 0 atom stereocenters. The van der Waals surface area contributed by atoms with Crippen LogP contribution in [-0.4, -0.2) is 66.4 Å². The summed E-state index contributed by atoms with van der Waals surface area (Å²) in [6.07, 6.45) is 0. The van der Waals surface area contributed by atoms with Gasteiger partial charge in [-0.2, -0.15) is 0 Å². The van der Waals surface area contributed by atoms with Crippen LogP contribution in [0.5, 0.6) is 0 Å². The standard InChI is InChI=1S/C14H18N2O3/c1-15-6-8-16(9-7-15)10-13(17)11-2-4-12(5-3-11)14(18)19/h2-5H,6-10H2,1H3,(H,18,19). The maximum atomic E-state index is 12.1. The molecule has 5 nitrogen and oxygen atoms in total. The molecule has 0 spiro atoms. The Balaban J connectivity index is 1.94. The van der Waals surface area contributed by atoms with Crippen molar-refractivity contribution in [1.29, 1.82) is 0 Å². The molecule has 1 aromatic carbocycles. The maximum absolute atomic E-state index is 12.1. The molecule has 0 aliphatic carbocycles. The SMILES string of the molecule is CN1CCN(CC(=O)c2ccc(C(=O)O)cc2)CC1. The summed E-state index contributed by atoms with van der Waals surface area (Å²) >= 11 is 0. The van der Waals surface area contributed by atoms with Gasteiger partial charge >= 0.3 is 5.97 Å². The van der Waals surface area contributed by atoms with Crippen LogP contribution in [0.2, 0.25) is 0 Å². The van der Waals surface area contributed by atoms with Gasteiger partial charge in [-0.25, -0.2) is 4.79 Å². The number of carboxylic acid groups (broad SMARTS) is 1. The number of carbonyl (C=O) groups excluding carboxylic acids is 1. The zero-order valence-corrected chi connectivity index (χ0v) is 11.0. The molecule has 0 unspecified atom stereocenters. The first-order valence-electron chi connectivity index (χ1n) is 6.34. The van der Waals surface area contributed by atoms with Gasteiger partial charge in [0.1, 0.15) is 0 Å². The summed E-state index contributed by atoms with van der Waals surface area (Å²) in [7, 11) is 2.07. The summed E-state index contributed by atoms with van der Waals surface area (Å²) < 4.78 is 0. The van der Waals surface area contributed by atoms with Crippen molar-refractivity contribution in [3.05, 3.63) is 35.4 Å². The number of Topliss-reactive ketones (excluding diaryl/α,β-unsaturated/α-hetero) is 1. The third-order valence-corrected chi connectivity index (χ3v) is 3.42. The van der Waals surface area contributed by atoms with E-state index in [0.717, 1.165) is 26.2 Å². The lowest BCUT2D eigenvalue weighted by molar-refractivity contribution is 0.0696. The van der Waals surface area contributed by atoms with Gasteiger partial charge in [0.05, 0.1) is 12.1 Å². The monoisotopic (exact) mass is 262 g/mol. The van der Waals surface area contributed by atoms with Crippen LogP contribution < -0.4 is 0 Å². The van der Waals surface area contributed by atoms with Gasteiger partial charge in [0.2, 0.25) is 0 Å². The number of piperazine rings is 1. The second-order valence-corrected chi connectivity index (χ2v) is 4.89. The number of benzene rings is 1. The van der Waals surface area contributed by atoms with E-state index in [2.05, 4.69) is 16.8 Å². The lowest BCUT2D eigenvalue weighted by atomic mass is 10.1. The summed E-state index contributed by atoms with van der Waals surface area (Å²) in [5, 5.41) is 8.80. The highest BCUT2D eigenvalue weighted by Gasteiger charge is 2.17. The number of aromatic carboxylic acids is 1. The van der Waals surface area contributed by atoms with Crippen molar-refractivity contribution in [2.75, 3.05) is 39.8 Å². The van der Waals surface area contributed by atoms with Gasteiger partial charge in [0.25, 0.3) is 0 Å². The smallest absolute Gasteiger partial charge is 0.335 e. The van der Waals surface area contributed by atoms with Crippen LogP contribution in [-0.2, 0) is 0 Å². The summed E-state index contributed by atoms with van der Waals surface area (Å²) in [4.78, 5) is 27.2. The first-order valence-corrected chi connectivity index (χ1v) is 6.34. The van der Waals surface area contributed by atoms with Crippen LogP contribution in [0.15, 0.2) is 24.3 Å². The maximum Gasteiger partial charge on any atom is 0.335 e. The molecule has 0 radical (unpaired) electrons. The largest absolute Gasteiger partial charge is 0.478 e. The molecule has 2 rings (SSSR count). The number of carboxylic acids is 1. The Morgan fingerprint density at radius 2 is 1.58 bits per heavy atom. The molecule has 1 saturated heterocycles. The highest BCUT2D eigenvalue weighted by molar-refractivity contribution is 5.98. The zero-order valence-electron chi connectivity index (χ0n) is 11.0. The first-order chi connectivity index (χ1) is 9.06. The predicted octanol–water partition coefficient (Wildman–Crippen LogP) is 0.815. The highest BCUT2D eigenvalue weighted by Crippen LogP contribution is 2.07. The quantitative estimate of drug-likeness (QED) is 0.814. The van der Waals surface area contributed by atoms with E-state index in [9.17, 15) is 9.59 Å². The van der Waals surface area contributed by atoms with Crippen molar-refractivity contribution in [3.8, 4) is 0 Å². The molecule has 1 fully saturated rings. The summed E-state index contributed by atoms with van der Waals surface area (Å²) in [5.41, 5.74) is 0.778. The molecule has 0 aromatic heterocycles. The van der Waals surface area contributed by atoms with Gasteiger partial charge < -0.3 is 10.0 Å². The van der Waals surface area contributed by atoms with Crippen LogP contribution in [0.1, 0.15) is 20.7 Å². The lowest BCUT2D eigenvalue weighted by Gasteiger charge is -2.31. The Hall–Kier alpha value is -1.72. The Morgan fingerprint density at radius 1 is 1.05 bits per heavy atom. The average molecular weight is 262 g/mol. The van der Waals surface area contributed by atoms with Crippen LogP contribution in [0.4, 0.5) is 0 Å². The van der Waals surface area contributed by atoms with Crippen LogP contribution >= 0.6 is 0 Å². The van der Waals surface area contributed by atoms with Crippen LogP contribution in [0.3, 0.4) is 0 Å². The van der Waals surface area contributed by atoms with Crippen LogP contribution in [0.25, 0.3) is 0 Å². The van der Waals surface area contributed by atoms with Crippen molar-refractivity contribution in [1.82, 2.24) is 9.80 Å². The van der Waals surface area contributed by atoms with E-state index in [1.54, 1.807) is 12.1 Å². The van der Waals surface area contributed by atoms with E-state index in [1.807, 2.05) is 0 Å². The molecule has 1 N–H and O–H groups in total. The molecule has 102 valence electrons. The minimum Gasteiger partial charge on any atom is -0.478 e. The van der Waals surface area contributed by atoms with Crippen molar-refractivity contribution in [2.45, 2.75) is 0 Å². The molecule has 0 saturated carbocycles. The Morgan fingerprint density at radius 3 is 2.11 bits per heavy atom. The fraction of sp³-hybridized carbons (Fsp3) is 0.429. The molecule has 0 bridgehead atoms. The Kier molecular flexibility index (Phi) is 4.29. The van der Waals surface area contributed by atoms with Gasteiger partial charge in [-0.3, -0.25) is 9.69 Å². The van der Waals surface area contributed by atoms with Crippen LogP contribution in [0, 0.1) is 0 Å². The number of hydrogen-bond donors (Lipinski definition) is 1. The molecule has 1 heterocycles. The second-order valence-electron chi connectivity index (χ2n) is 4.89. The molecule has 1 aromatic rings. The number of rotatable bonds is 4. The second kappa shape index (κ2) is 5.95. The van der Waals surface area contributed by atoms with E-state index in [0.29, 0.717) is 12.1 Å². The average Bonchev–Trinajstić information content (AvgIpc) is 2.41. The van der Waals surface area contributed by atoms with Gasteiger partial charge in [-0.1, -0.05) is 12.1 Å². The van der Waals surface area contributed by atoms with E-state index in [-0.39, 0.29) is 11.3 Å². The zero-order chi connectivity index (χ0) is 13.8. The number of nitrogens with zero attached hydrogens (tertiary/aromatic N) is 2. The van der Waals surface area contributed by atoms with E-state index < -0.39 is 5.97 Å². The van der Waals surface area contributed by atoms with Gasteiger partial charge in [0, 0.05) is 31.7 Å². The Bertz CT molecular complexity index is 462. The molecular weight excluding hydrogens is 244 g/mol. The fourth-order valence-corrected chi connectivity index (χ4v) is 2.10. The Labute approximate surface area is 112 Å². The first kappa shape index (κ1) is 13.7. The van der Waals surface area contributed by atoms with E-state index in [1.165, 1.54) is 12.1 Å². The molecular formula is C14H18N2O3. The molecule has 19 heavy (non-hydrogen) atoms. The molecule has 5 heteroatoms. The number of likely N-dealkylation sites (N-methyl/N-ethyl adjacent to an activating group) is 1. The molecule has 1 aliphatic rings. The third kappa shape index (κ3) is 3.62. The summed E-state index contributed by atoms with van der Waals surface area (Å²) in [5.74, 6) is -0.931. The summed E-state index contributed by atoms with van der Waals surface area (Å²) in [6.45, 7) is 4.15. The molecule has 0 amide bonds. The summed E-state index contributed by atoms with van der Waals surface area (Å²) in [6, 6.07) is 6.11. The fourth-order valence-electron chi connectivity index (χ4n) is 2.10. The topological polar surface area (TPSA) is 60.9 Å². The number of hydrogen-bond acceptors (Lipinski definition) is 4. The van der Waals surface area contributed by atoms with E-state index >= 15 is 0 Å². The van der Waals surface area contributed by atoms with Crippen molar-refractivity contribution >= 4 is 11.8 Å². The minimum atomic E-state index is -0.974. The lowest BCUT2D eigenvalue weighted by Crippen LogP contribution is -2.46. The normalized spacial score (nSPS) is 17.3. The van der Waals surface area contributed by atoms with Crippen molar-refractivity contribution in [3.63, 3.8) is 0 Å². The van der Waals surface area contributed by atoms with Crippen molar-refractivity contribution in [2.24, 2.45) is 0 Å². The number of carbonyl (C=O) groups is 2. The number of ketones is 1. The van der Waals surface area contributed by atoms with E-state index in [4.69, 9.17) is 5.11 Å². The third-order valence-electron chi connectivity index (χ3n) is 3.42. The van der Waals surface area contributed by atoms with Gasteiger partial charge in [0.15, 0.2) is 5.78 Å². The molecule has 1 aliphatic heterocycles. The minimum absolute atomic E-state index is 0.0430. The predicted molar refractivity (Wildman–Crippen MR) is 71.7 cm³/mol. The van der Waals surface area contributed by atoms with Crippen molar-refractivity contribution < 1.29 is 14.7 Å². The van der Waals surface area contributed by atoms with Gasteiger partial charge in [-0.05, 0) is 19.2 Å². The van der Waals surface area contributed by atoms with Gasteiger partial charge in [-0.15, -0.1) is 0 Å². The highest BCUT2D eigenvalue weighted by atomic mass is 16.4.